The van der Waals surface area contributed by atoms with Crippen LogP contribution in [0.2, 0.25) is 0 Å². The van der Waals surface area contributed by atoms with E-state index in [-0.39, 0.29) is 12.1 Å². The zero-order valence-corrected chi connectivity index (χ0v) is 20.2. The number of carbonyl (C=O) groups excluding carboxylic acids is 1. The topological polar surface area (TPSA) is 82.6 Å². The summed E-state index contributed by atoms with van der Waals surface area (Å²) < 4.78 is 5.68. The number of hydrogen-bond acceptors (Lipinski definition) is 6. The number of anilines is 2. The van der Waals surface area contributed by atoms with Crippen molar-refractivity contribution < 1.29 is 9.53 Å². The molecule has 0 aliphatic carbocycles. The van der Waals surface area contributed by atoms with E-state index in [2.05, 4.69) is 41.2 Å². The number of aromatic nitrogens is 2. The van der Waals surface area contributed by atoms with E-state index in [0.29, 0.717) is 19.1 Å². The SMILES string of the molecule is CCNC(=O)Nc1ccc(-c2nc3c(c(N4CCOCC4C)n2)CCN(CC(C)C)C3)cc1. The fourth-order valence-corrected chi connectivity index (χ4v) is 4.58. The minimum absolute atomic E-state index is 0.205. The Balaban J connectivity index is 1.66. The number of amides is 2. The second-order valence-corrected chi connectivity index (χ2v) is 9.35. The van der Waals surface area contributed by atoms with Crippen LogP contribution in [0.1, 0.15) is 39.0 Å². The Labute approximate surface area is 196 Å². The normalized spacial score (nSPS) is 18.8. The first kappa shape index (κ1) is 23.4. The summed E-state index contributed by atoms with van der Waals surface area (Å²) in [6.45, 7) is 14.4. The molecule has 4 rings (SSSR count). The van der Waals surface area contributed by atoms with E-state index in [1.54, 1.807) is 0 Å². The molecule has 1 atom stereocenters. The van der Waals surface area contributed by atoms with Gasteiger partial charge in [-0.25, -0.2) is 14.8 Å². The summed E-state index contributed by atoms with van der Waals surface area (Å²) in [5.74, 6) is 2.41. The molecular weight excluding hydrogens is 416 g/mol. The molecule has 1 unspecified atom stereocenters. The lowest BCUT2D eigenvalue weighted by atomic mass is 10.0. The van der Waals surface area contributed by atoms with Gasteiger partial charge in [0.05, 0.1) is 24.9 Å². The number of nitrogens with one attached hydrogen (secondary N) is 2. The number of benzene rings is 1. The Bertz CT molecular complexity index is 962. The molecule has 1 saturated heterocycles. The van der Waals surface area contributed by atoms with E-state index >= 15 is 0 Å². The Hall–Kier alpha value is -2.71. The lowest BCUT2D eigenvalue weighted by Gasteiger charge is -2.38. The van der Waals surface area contributed by atoms with Gasteiger partial charge in [-0.05, 0) is 50.5 Å². The summed E-state index contributed by atoms with van der Waals surface area (Å²) in [6.07, 6.45) is 0.969. The van der Waals surface area contributed by atoms with E-state index in [1.165, 1.54) is 5.56 Å². The molecule has 2 aromatic rings. The third-order valence-electron chi connectivity index (χ3n) is 6.12. The van der Waals surface area contributed by atoms with Gasteiger partial charge >= 0.3 is 6.03 Å². The molecule has 8 nitrogen and oxygen atoms in total. The van der Waals surface area contributed by atoms with Gasteiger partial charge in [0.15, 0.2) is 5.82 Å². The van der Waals surface area contributed by atoms with Crippen molar-refractivity contribution >= 4 is 17.5 Å². The molecule has 0 bridgehead atoms. The highest BCUT2D eigenvalue weighted by molar-refractivity contribution is 5.89. The summed E-state index contributed by atoms with van der Waals surface area (Å²) in [7, 11) is 0. The van der Waals surface area contributed by atoms with Crippen molar-refractivity contribution in [2.24, 2.45) is 5.92 Å². The molecule has 2 aliphatic rings. The van der Waals surface area contributed by atoms with Gasteiger partial charge in [-0.2, -0.15) is 0 Å². The molecule has 33 heavy (non-hydrogen) atoms. The Morgan fingerprint density at radius 2 is 2.00 bits per heavy atom. The van der Waals surface area contributed by atoms with Crippen LogP contribution in [0.3, 0.4) is 0 Å². The zero-order valence-electron chi connectivity index (χ0n) is 20.2. The fraction of sp³-hybridized carbons (Fsp3) is 0.560. The smallest absolute Gasteiger partial charge is 0.319 e. The minimum Gasteiger partial charge on any atom is -0.377 e. The molecule has 0 spiro atoms. The molecule has 2 aliphatic heterocycles. The number of hydrogen-bond donors (Lipinski definition) is 2. The van der Waals surface area contributed by atoms with Crippen molar-refractivity contribution in [2.75, 3.05) is 49.6 Å². The number of rotatable bonds is 6. The molecular formula is C25H36N6O2. The molecule has 0 radical (unpaired) electrons. The van der Waals surface area contributed by atoms with Crippen LogP contribution in [0.25, 0.3) is 11.4 Å². The van der Waals surface area contributed by atoms with E-state index in [4.69, 9.17) is 14.7 Å². The predicted octanol–water partition coefficient (Wildman–Crippen LogP) is 3.52. The van der Waals surface area contributed by atoms with Crippen molar-refractivity contribution in [2.45, 2.75) is 46.7 Å². The first-order valence-electron chi connectivity index (χ1n) is 12.1. The number of morpholine rings is 1. The van der Waals surface area contributed by atoms with Gasteiger partial charge in [0.1, 0.15) is 5.82 Å². The van der Waals surface area contributed by atoms with Gasteiger partial charge in [-0.15, -0.1) is 0 Å². The number of urea groups is 1. The van der Waals surface area contributed by atoms with E-state index in [1.807, 2.05) is 31.2 Å². The molecule has 3 heterocycles. The first-order valence-corrected chi connectivity index (χ1v) is 12.1. The highest BCUT2D eigenvalue weighted by atomic mass is 16.5. The molecule has 2 N–H and O–H groups in total. The summed E-state index contributed by atoms with van der Waals surface area (Å²) in [5, 5.41) is 5.59. The van der Waals surface area contributed by atoms with Crippen molar-refractivity contribution in [3.8, 4) is 11.4 Å². The molecule has 1 aromatic heterocycles. The largest absolute Gasteiger partial charge is 0.377 e. The van der Waals surface area contributed by atoms with Gasteiger partial charge in [0.25, 0.3) is 0 Å². The molecule has 1 fully saturated rings. The number of carbonyl (C=O) groups is 1. The maximum absolute atomic E-state index is 11.8. The molecule has 0 saturated carbocycles. The van der Waals surface area contributed by atoms with Crippen LogP contribution in [0.15, 0.2) is 24.3 Å². The zero-order chi connectivity index (χ0) is 23.4. The fourth-order valence-electron chi connectivity index (χ4n) is 4.58. The number of ether oxygens (including phenoxy) is 1. The van der Waals surface area contributed by atoms with Crippen LogP contribution >= 0.6 is 0 Å². The lowest BCUT2D eigenvalue weighted by molar-refractivity contribution is 0.0983. The Morgan fingerprint density at radius 3 is 2.70 bits per heavy atom. The van der Waals surface area contributed by atoms with Crippen molar-refractivity contribution in [1.82, 2.24) is 20.2 Å². The van der Waals surface area contributed by atoms with Gasteiger partial charge in [0, 0.05) is 49.5 Å². The van der Waals surface area contributed by atoms with Crippen LogP contribution in [0.5, 0.6) is 0 Å². The highest BCUT2D eigenvalue weighted by Gasteiger charge is 2.29. The van der Waals surface area contributed by atoms with Gasteiger partial charge < -0.3 is 20.3 Å². The second-order valence-electron chi connectivity index (χ2n) is 9.35. The second kappa shape index (κ2) is 10.5. The first-order chi connectivity index (χ1) is 15.9. The van der Waals surface area contributed by atoms with Crippen LogP contribution < -0.4 is 15.5 Å². The van der Waals surface area contributed by atoms with Crippen LogP contribution in [0, 0.1) is 5.92 Å². The van der Waals surface area contributed by atoms with E-state index in [0.717, 1.165) is 67.8 Å². The Kier molecular flexibility index (Phi) is 7.45. The lowest BCUT2D eigenvalue weighted by Crippen LogP contribution is -2.45. The van der Waals surface area contributed by atoms with E-state index in [9.17, 15) is 4.79 Å². The third-order valence-corrected chi connectivity index (χ3v) is 6.12. The quantitative estimate of drug-likeness (QED) is 0.698. The van der Waals surface area contributed by atoms with E-state index < -0.39 is 0 Å². The Morgan fingerprint density at radius 1 is 1.21 bits per heavy atom. The van der Waals surface area contributed by atoms with Gasteiger partial charge in [-0.1, -0.05) is 13.8 Å². The average Bonchev–Trinajstić information content (AvgIpc) is 2.79. The van der Waals surface area contributed by atoms with Crippen molar-refractivity contribution in [3.63, 3.8) is 0 Å². The molecule has 2 amide bonds. The molecule has 178 valence electrons. The highest BCUT2D eigenvalue weighted by Crippen LogP contribution is 2.32. The number of fused-ring (bicyclic) bond motifs is 1. The van der Waals surface area contributed by atoms with Gasteiger partial charge in [-0.3, -0.25) is 4.90 Å². The summed E-state index contributed by atoms with van der Waals surface area (Å²) >= 11 is 0. The third kappa shape index (κ3) is 5.62. The standard InChI is InChI=1S/C25H36N6O2/c1-5-26-25(32)27-20-8-6-19(7-9-20)23-28-22-15-30(14-17(2)3)11-10-21(22)24(29-23)31-12-13-33-16-18(31)4/h6-9,17-18H,5,10-16H2,1-4H3,(H2,26,27,32). The number of nitrogens with zero attached hydrogens (tertiary/aromatic N) is 4. The minimum atomic E-state index is -0.205. The monoisotopic (exact) mass is 452 g/mol. The summed E-state index contributed by atoms with van der Waals surface area (Å²) in [6, 6.07) is 7.83. The average molecular weight is 453 g/mol. The maximum Gasteiger partial charge on any atom is 0.319 e. The van der Waals surface area contributed by atoms with Crippen molar-refractivity contribution in [1.29, 1.82) is 0 Å². The van der Waals surface area contributed by atoms with Crippen LogP contribution in [-0.4, -0.2) is 66.3 Å². The maximum atomic E-state index is 11.8. The summed E-state index contributed by atoms with van der Waals surface area (Å²) in [4.78, 5) is 26.8. The van der Waals surface area contributed by atoms with Crippen molar-refractivity contribution in [3.05, 3.63) is 35.5 Å². The predicted molar refractivity (Wildman–Crippen MR) is 132 cm³/mol. The summed E-state index contributed by atoms with van der Waals surface area (Å²) in [5.41, 5.74) is 4.10. The van der Waals surface area contributed by atoms with Crippen LogP contribution in [-0.2, 0) is 17.7 Å². The molecule has 8 heteroatoms. The van der Waals surface area contributed by atoms with Gasteiger partial charge in [0.2, 0.25) is 0 Å². The molecule has 1 aromatic carbocycles. The van der Waals surface area contributed by atoms with Crippen LogP contribution in [0.4, 0.5) is 16.3 Å².